The van der Waals surface area contributed by atoms with Gasteiger partial charge in [-0.05, 0) is 12.8 Å². The minimum atomic E-state index is -0.538. The van der Waals surface area contributed by atoms with Gasteiger partial charge in [0.15, 0.2) is 0 Å². The lowest BCUT2D eigenvalue weighted by molar-refractivity contribution is 0.0344. The highest BCUT2D eigenvalue weighted by molar-refractivity contribution is 4.67. The standard InChI is InChI=1S/C6H13O3/c1-5(6(8)9)3-2-4-7/h5,7-9H,2-4H2,1H3. The fourth-order valence-corrected chi connectivity index (χ4v) is 0.527. The van der Waals surface area contributed by atoms with E-state index in [1.807, 2.05) is 0 Å². The summed E-state index contributed by atoms with van der Waals surface area (Å²) in [6.07, 6.45) is 0.702. The van der Waals surface area contributed by atoms with E-state index in [1.165, 1.54) is 0 Å². The lowest BCUT2D eigenvalue weighted by Crippen LogP contribution is -2.07. The van der Waals surface area contributed by atoms with Crippen LogP contribution in [0.25, 0.3) is 0 Å². The van der Waals surface area contributed by atoms with Gasteiger partial charge in [0, 0.05) is 12.5 Å². The fourth-order valence-electron chi connectivity index (χ4n) is 0.527. The van der Waals surface area contributed by atoms with Crippen molar-refractivity contribution < 1.29 is 15.3 Å². The zero-order valence-electron chi connectivity index (χ0n) is 5.54. The van der Waals surface area contributed by atoms with Gasteiger partial charge in [-0.3, -0.25) is 0 Å². The Bertz CT molecular complexity index is 63.3. The molecule has 9 heavy (non-hydrogen) atoms. The number of rotatable bonds is 4. The van der Waals surface area contributed by atoms with Gasteiger partial charge in [0.05, 0.1) is 0 Å². The average molecular weight is 133 g/mol. The largest absolute Gasteiger partial charge is 0.396 e. The molecule has 0 aromatic heterocycles. The van der Waals surface area contributed by atoms with Crippen LogP contribution < -0.4 is 0 Å². The van der Waals surface area contributed by atoms with Gasteiger partial charge < -0.3 is 15.3 Å². The Morgan fingerprint density at radius 3 is 2.33 bits per heavy atom. The molecule has 0 heterocycles. The molecule has 1 atom stereocenters. The van der Waals surface area contributed by atoms with Crippen LogP contribution in [0.4, 0.5) is 0 Å². The van der Waals surface area contributed by atoms with Crippen molar-refractivity contribution in [1.29, 1.82) is 0 Å². The summed E-state index contributed by atoms with van der Waals surface area (Å²) in [6.45, 7) is 1.81. The number of aliphatic hydroxyl groups excluding tert-OH is 2. The summed E-state index contributed by atoms with van der Waals surface area (Å²) in [7, 11) is 0. The molecule has 0 fully saturated rings. The van der Waals surface area contributed by atoms with Gasteiger partial charge in [-0.25, -0.2) is 0 Å². The maximum Gasteiger partial charge on any atom is 0.221 e. The van der Waals surface area contributed by atoms with E-state index in [0.29, 0.717) is 12.8 Å². The summed E-state index contributed by atoms with van der Waals surface area (Å²) < 4.78 is 0. The van der Waals surface area contributed by atoms with Crippen LogP contribution >= 0.6 is 0 Å². The van der Waals surface area contributed by atoms with Crippen LogP contribution in [-0.4, -0.2) is 21.9 Å². The predicted molar refractivity (Wildman–Crippen MR) is 32.6 cm³/mol. The molecule has 1 unspecified atom stereocenters. The molecule has 0 saturated heterocycles. The van der Waals surface area contributed by atoms with Crippen LogP contribution in [0.2, 0.25) is 0 Å². The second-order valence-corrected chi connectivity index (χ2v) is 2.13. The first-order chi connectivity index (χ1) is 4.18. The quantitative estimate of drug-likeness (QED) is 0.527. The highest BCUT2D eigenvalue weighted by Crippen LogP contribution is 2.12. The van der Waals surface area contributed by atoms with E-state index in [2.05, 4.69) is 0 Å². The minimum Gasteiger partial charge on any atom is -0.396 e. The third kappa shape index (κ3) is 4.39. The molecule has 0 rings (SSSR count). The van der Waals surface area contributed by atoms with Gasteiger partial charge >= 0.3 is 0 Å². The molecule has 0 aromatic carbocycles. The molecule has 0 amide bonds. The molecular formula is C6H13O3. The van der Waals surface area contributed by atoms with Gasteiger partial charge in [0.2, 0.25) is 6.29 Å². The maximum atomic E-state index is 8.44. The monoisotopic (exact) mass is 133 g/mol. The van der Waals surface area contributed by atoms with E-state index in [4.69, 9.17) is 15.3 Å². The molecule has 0 aliphatic rings. The summed E-state index contributed by atoms with van der Waals surface area (Å²) in [5.74, 6) is -0.211. The molecule has 3 heteroatoms. The minimum absolute atomic E-state index is 0.109. The summed E-state index contributed by atoms with van der Waals surface area (Å²) in [5.41, 5.74) is 0. The van der Waals surface area contributed by atoms with Crippen LogP contribution in [-0.2, 0) is 0 Å². The Balaban J connectivity index is 3.16. The maximum absolute atomic E-state index is 8.44. The molecule has 55 valence electrons. The van der Waals surface area contributed by atoms with Crippen LogP contribution in [0.5, 0.6) is 0 Å². The second-order valence-electron chi connectivity index (χ2n) is 2.13. The molecule has 0 bridgehead atoms. The van der Waals surface area contributed by atoms with Crippen LogP contribution in [0, 0.1) is 12.2 Å². The lowest BCUT2D eigenvalue weighted by atomic mass is 10.1. The predicted octanol–water partition coefficient (Wildman–Crippen LogP) is 0.629. The first kappa shape index (κ1) is 8.88. The first-order valence-electron chi connectivity index (χ1n) is 3.04. The summed E-state index contributed by atoms with van der Waals surface area (Å²) in [5, 5.41) is 25.2. The number of hydrogen-bond acceptors (Lipinski definition) is 3. The van der Waals surface area contributed by atoms with Gasteiger partial charge in [-0.15, -0.1) is 0 Å². The van der Waals surface area contributed by atoms with Crippen molar-refractivity contribution in [3.63, 3.8) is 0 Å². The van der Waals surface area contributed by atoms with E-state index < -0.39 is 6.29 Å². The molecule has 1 radical (unpaired) electrons. The summed E-state index contributed by atoms with van der Waals surface area (Å²) in [6, 6.07) is 0. The highest BCUT2D eigenvalue weighted by atomic mass is 16.5. The van der Waals surface area contributed by atoms with Crippen LogP contribution in [0.3, 0.4) is 0 Å². The van der Waals surface area contributed by atoms with E-state index >= 15 is 0 Å². The topological polar surface area (TPSA) is 60.7 Å². The lowest BCUT2D eigenvalue weighted by Gasteiger charge is -2.09. The van der Waals surface area contributed by atoms with E-state index in [1.54, 1.807) is 6.92 Å². The van der Waals surface area contributed by atoms with E-state index in [9.17, 15) is 0 Å². The van der Waals surface area contributed by atoms with E-state index in [0.717, 1.165) is 0 Å². The number of hydrogen-bond donors (Lipinski definition) is 3. The Morgan fingerprint density at radius 2 is 2.00 bits per heavy atom. The Morgan fingerprint density at radius 1 is 1.44 bits per heavy atom. The van der Waals surface area contributed by atoms with Crippen molar-refractivity contribution in [3.8, 4) is 0 Å². The molecule has 0 saturated carbocycles. The summed E-state index contributed by atoms with van der Waals surface area (Å²) in [4.78, 5) is 0. The zero-order valence-corrected chi connectivity index (χ0v) is 5.54. The van der Waals surface area contributed by atoms with Gasteiger partial charge in [-0.2, -0.15) is 0 Å². The SMILES string of the molecule is CC(CCCO)[C](O)O. The van der Waals surface area contributed by atoms with Crippen molar-refractivity contribution in [2.24, 2.45) is 5.92 Å². The molecule has 0 aliphatic heterocycles. The normalized spacial score (nSPS) is 14.3. The smallest absolute Gasteiger partial charge is 0.221 e. The number of aliphatic hydroxyl groups is 3. The Labute approximate surface area is 54.9 Å². The van der Waals surface area contributed by atoms with Crippen molar-refractivity contribution in [2.75, 3.05) is 6.61 Å². The van der Waals surface area contributed by atoms with Crippen molar-refractivity contribution in [3.05, 3.63) is 6.29 Å². The molecular weight excluding hydrogens is 120 g/mol. The first-order valence-corrected chi connectivity index (χ1v) is 3.04. The molecule has 3 nitrogen and oxygen atoms in total. The fraction of sp³-hybridized carbons (Fsp3) is 0.833. The molecule has 3 N–H and O–H groups in total. The van der Waals surface area contributed by atoms with Crippen LogP contribution in [0.15, 0.2) is 0 Å². The Kier molecular flexibility index (Phi) is 4.67. The average Bonchev–Trinajstić information content (AvgIpc) is 1.82. The highest BCUT2D eigenvalue weighted by Gasteiger charge is 2.10. The van der Waals surface area contributed by atoms with Crippen molar-refractivity contribution >= 4 is 0 Å². The summed E-state index contributed by atoms with van der Waals surface area (Å²) >= 11 is 0. The second kappa shape index (κ2) is 4.73. The van der Waals surface area contributed by atoms with E-state index in [-0.39, 0.29) is 12.5 Å². The van der Waals surface area contributed by atoms with Crippen LogP contribution in [0.1, 0.15) is 19.8 Å². The van der Waals surface area contributed by atoms with Crippen molar-refractivity contribution in [1.82, 2.24) is 0 Å². The molecule has 0 aromatic rings. The third-order valence-corrected chi connectivity index (χ3v) is 1.24. The molecule has 0 spiro atoms. The van der Waals surface area contributed by atoms with Gasteiger partial charge in [-0.1, -0.05) is 6.92 Å². The third-order valence-electron chi connectivity index (χ3n) is 1.24. The van der Waals surface area contributed by atoms with Gasteiger partial charge in [0.25, 0.3) is 0 Å². The van der Waals surface area contributed by atoms with Gasteiger partial charge in [0.1, 0.15) is 0 Å². The molecule has 0 aliphatic carbocycles. The Hall–Kier alpha value is -0.120. The zero-order chi connectivity index (χ0) is 7.28. The van der Waals surface area contributed by atoms with Crippen molar-refractivity contribution in [2.45, 2.75) is 19.8 Å².